The van der Waals surface area contributed by atoms with Crippen molar-refractivity contribution in [2.75, 3.05) is 6.54 Å². The SMILES string of the molecule is O=C(Cc1cc(-c2ccccc2)on1)NCCC1=CCCCC1. The monoisotopic (exact) mass is 310 g/mol. The van der Waals surface area contributed by atoms with E-state index in [9.17, 15) is 4.79 Å². The topological polar surface area (TPSA) is 55.1 Å². The van der Waals surface area contributed by atoms with Gasteiger partial charge in [0.25, 0.3) is 0 Å². The van der Waals surface area contributed by atoms with Crippen LogP contribution in [0.2, 0.25) is 0 Å². The summed E-state index contributed by atoms with van der Waals surface area (Å²) in [7, 11) is 0. The molecule has 1 aromatic carbocycles. The molecule has 1 aliphatic carbocycles. The summed E-state index contributed by atoms with van der Waals surface area (Å²) in [6, 6.07) is 11.6. The van der Waals surface area contributed by atoms with E-state index in [0.717, 1.165) is 12.0 Å². The van der Waals surface area contributed by atoms with Crippen LogP contribution >= 0.6 is 0 Å². The molecule has 0 spiro atoms. The van der Waals surface area contributed by atoms with Crippen LogP contribution in [0.15, 0.2) is 52.6 Å². The van der Waals surface area contributed by atoms with Gasteiger partial charge in [0.2, 0.25) is 5.91 Å². The lowest BCUT2D eigenvalue weighted by Crippen LogP contribution is -2.26. The molecule has 0 radical (unpaired) electrons. The van der Waals surface area contributed by atoms with Gasteiger partial charge in [0.15, 0.2) is 5.76 Å². The van der Waals surface area contributed by atoms with Gasteiger partial charge in [0.05, 0.1) is 12.1 Å². The molecule has 0 bridgehead atoms. The summed E-state index contributed by atoms with van der Waals surface area (Å²) in [4.78, 5) is 12.0. The third-order valence-electron chi connectivity index (χ3n) is 4.11. The zero-order valence-corrected chi connectivity index (χ0v) is 13.3. The Morgan fingerprint density at radius 1 is 1.22 bits per heavy atom. The second kappa shape index (κ2) is 7.77. The second-order valence-corrected chi connectivity index (χ2v) is 5.93. The summed E-state index contributed by atoms with van der Waals surface area (Å²) in [5.74, 6) is 0.690. The van der Waals surface area contributed by atoms with E-state index in [1.807, 2.05) is 36.4 Å². The number of nitrogens with zero attached hydrogens (tertiary/aromatic N) is 1. The molecule has 1 aliphatic rings. The minimum Gasteiger partial charge on any atom is -0.356 e. The molecule has 0 aliphatic heterocycles. The number of hydrogen-bond donors (Lipinski definition) is 1. The number of benzene rings is 1. The van der Waals surface area contributed by atoms with Gasteiger partial charge in [0.1, 0.15) is 0 Å². The van der Waals surface area contributed by atoms with Crippen molar-refractivity contribution in [1.82, 2.24) is 10.5 Å². The first kappa shape index (κ1) is 15.5. The summed E-state index contributed by atoms with van der Waals surface area (Å²) in [6.45, 7) is 0.702. The predicted octanol–water partition coefficient (Wildman–Crippen LogP) is 3.89. The number of rotatable bonds is 6. The average Bonchev–Trinajstić information content (AvgIpc) is 3.05. The number of carbonyl (C=O) groups excluding carboxylic acids is 1. The van der Waals surface area contributed by atoms with Crippen molar-refractivity contribution in [2.24, 2.45) is 0 Å². The third-order valence-corrected chi connectivity index (χ3v) is 4.11. The molecule has 1 amide bonds. The van der Waals surface area contributed by atoms with E-state index in [4.69, 9.17) is 4.52 Å². The Morgan fingerprint density at radius 2 is 2.09 bits per heavy atom. The molecule has 0 atom stereocenters. The van der Waals surface area contributed by atoms with Gasteiger partial charge in [-0.05, 0) is 32.1 Å². The van der Waals surface area contributed by atoms with Crippen molar-refractivity contribution in [3.05, 3.63) is 53.7 Å². The Kier molecular flexibility index (Phi) is 5.25. The van der Waals surface area contributed by atoms with Crippen LogP contribution in [0.3, 0.4) is 0 Å². The van der Waals surface area contributed by atoms with Gasteiger partial charge in [0, 0.05) is 18.2 Å². The zero-order valence-electron chi connectivity index (χ0n) is 13.3. The maximum atomic E-state index is 12.0. The molecule has 0 fully saturated rings. The fourth-order valence-corrected chi connectivity index (χ4v) is 2.85. The maximum absolute atomic E-state index is 12.0. The predicted molar refractivity (Wildman–Crippen MR) is 89.8 cm³/mol. The van der Waals surface area contributed by atoms with Gasteiger partial charge in [-0.15, -0.1) is 0 Å². The van der Waals surface area contributed by atoms with E-state index in [2.05, 4.69) is 16.5 Å². The van der Waals surface area contributed by atoms with Gasteiger partial charge in [-0.25, -0.2) is 0 Å². The van der Waals surface area contributed by atoms with Crippen LogP contribution in [0.25, 0.3) is 11.3 Å². The van der Waals surface area contributed by atoms with Gasteiger partial charge >= 0.3 is 0 Å². The molecular weight excluding hydrogens is 288 g/mol. The minimum absolute atomic E-state index is 0.00526. The highest BCUT2D eigenvalue weighted by Crippen LogP contribution is 2.20. The summed E-state index contributed by atoms with van der Waals surface area (Å²) >= 11 is 0. The van der Waals surface area contributed by atoms with Crippen molar-refractivity contribution in [3.63, 3.8) is 0 Å². The molecule has 1 aromatic heterocycles. The van der Waals surface area contributed by atoms with E-state index < -0.39 is 0 Å². The van der Waals surface area contributed by atoms with Crippen LogP contribution in [0.4, 0.5) is 0 Å². The van der Waals surface area contributed by atoms with Crippen LogP contribution in [-0.4, -0.2) is 17.6 Å². The first-order valence-corrected chi connectivity index (χ1v) is 8.27. The van der Waals surface area contributed by atoms with Crippen molar-refractivity contribution >= 4 is 5.91 Å². The van der Waals surface area contributed by atoms with Crippen molar-refractivity contribution in [1.29, 1.82) is 0 Å². The first-order valence-electron chi connectivity index (χ1n) is 8.27. The smallest absolute Gasteiger partial charge is 0.226 e. The molecule has 1 N–H and O–H groups in total. The Labute approximate surface area is 136 Å². The van der Waals surface area contributed by atoms with Crippen molar-refractivity contribution < 1.29 is 9.32 Å². The quantitative estimate of drug-likeness (QED) is 0.824. The Bertz CT molecular complexity index is 674. The number of allylic oxidation sites excluding steroid dienone is 1. The zero-order chi connectivity index (χ0) is 15.9. The largest absolute Gasteiger partial charge is 0.356 e. The summed E-state index contributed by atoms with van der Waals surface area (Å²) in [6.07, 6.45) is 8.48. The van der Waals surface area contributed by atoms with Crippen LogP contribution < -0.4 is 5.32 Å². The highest BCUT2D eigenvalue weighted by molar-refractivity contribution is 5.78. The molecule has 23 heavy (non-hydrogen) atoms. The molecule has 3 rings (SSSR count). The van der Waals surface area contributed by atoms with E-state index in [0.29, 0.717) is 18.0 Å². The van der Waals surface area contributed by atoms with E-state index in [1.54, 1.807) is 0 Å². The minimum atomic E-state index is -0.00526. The Balaban J connectivity index is 1.46. The standard InChI is InChI=1S/C19H22N2O2/c22-19(20-12-11-15-7-3-1-4-8-15)14-17-13-18(23-21-17)16-9-5-2-6-10-16/h2,5-7,9-10,13H,1,3-4,8,11-12,14H2,(H,20,22). The fraction of sp³-hybridized carbons (Fsp3) is 0.368. The van der Waals surface area contributed by atoms with Crippen molar-refractivity contribution in [2.45, 2.75) is 38.5 Å². The van der Waals surface area contributed by atoms with E-state index >= 15 is 0 Å². The molecule has 2 aromatic rings. The molecular formula is C19H22N2O2. The number of nitrogens with one attached hydrogen (secondary N) is 1. The number of carbonyl (C=O) groups is 1. The van der Waals surface area contributed by atoms with Crippen LogP contribution in [0.1, 0.15) is 37.8 Å². The van der Waals surface area contributed by atoms with Crippen molar-refractivity contribution in [3.8, 4) is 11.3 Å². The van der Waals surface area contributed by atoms with Gasteiger partial charge in [-0.3, -0.25) is 4.79 Å². The fourth-order valence-electron chi connectivity index (χ4n) is 2.85. The van der Waals surface area contributed by atoms with Crippen LogP contribution in [-0.2, 0) is 11.2 Å². The second-order valence-electron chi connectivity index (χ2n) is 5.93. The van der Waals surface area contributed by atoms with E-state index in [1.165, 1.54) is 31.3 Å². The molecule has 0 saturated heterocycles. The van der Waals surface area contributed by atoms with Crippen LogP contribution in [0.5, 0.6) is 0 Å². The van der Waals surface area contributed by atoms with Gasteiger partial charge < -0.3 is 9.84 Å². The molecule has 120 valence electrons. The van der Waals surface area contributed by atoms with E-state index in [-0.39, 0.29) is 12.3 Å². The number of hydrogen-bond acceptors (Lipinski definition) is 3. The molecule has 1 heterocycles. The highest BCUT2D eigenvalue weighted by atomic mass is 16.5. The first-order chi connectivity index (χ1) is 11.3. The lowest BCUT2D eigenvalue weighted by atomic mass is 9.97. The number of amides is 1. The summed E-state index contributed by atoms with van der Waals surface area (Å²) in [5, 5.41) is 6.95. The Hall–Kier alpha value is -2.36. The molecule has 0 saturated carbocycles. The molecule has 4 nitrogen and oxygen atoms in total. The van der Waals surface area contributed by atoms with Gasteiger partial charge in [-0.2, -0.15) is 0 Å². The summed E-state index contributed by atoms with van der Waals surface area (Å²) in [5.41, 5.74) is 3.11. The number of aromatic nitrogens is 1. The van der Waals surface area contributed by atoms with Crippen LogP contribution in [0, 0.1) is 0 Å². The average molecular weight is 310 g/mol. The lowest BCUT2D eigenvalue weighted by molar-refractivity contribution is -0.120. The molecule has 4 heteroatoms. The maximum Gasteiger partial charge on any atom is 0.226 e. The lowest BCUT2D eigenvalue weighted by Gasteiger charge is -2.12. The normalized spacial score (nSPS) is 14.3. The summed E-state index contributed by atoms with van der Waals surface area (Å²) < 4.78 is 5.31. The Morgan fingerprint density at radius 3 is 2.87 bits per heavy atom. The molecule has 0 unspecified atom stereocenters. The van der Waals surface area contributed by atoms with Gasteiger partial charge in [-0.1, -0.05) is 47.1 Å². The highest BCUT2D eigenvalue weighted by Gasteiger charge is 2.10. The third kappa shape index (κ3) is 4.55.